The molecule has 0 N–H and O–H groups in total. The standard InChI is InChI=1S/C12H14O3/c1-7-5-10(9(3)13)6-11(8(7)2)12(14)15-4/h5-6H,1-4H3. The Balaban J connectivity index is 3.37. The number of hydrogen-bond donors (Lipinski definition) is 0. The molecule has 0 radical (unpaired) electrons. The molecule has 1 aromatic rings. The van der Waals surface area contributed by atoms with Gasteiger partial charge in [-0.3, -0.25) is 4.79 Å². The number of carbonyl (C=O) groups excluding carboxylic acids is 2. The molecule has 80 valence electrons. The van der Waals surface area contributed by atoms with Gasteiger partial charge in [-0.25, -0.2) is 4.79 Å². The van der Waals surface area contributed by atoms with Gasteiger partial charge < -0.3 is 4.74 Å². The SMILES string of the molecule is COC(=O)c1cc(C(C)=O)cc(C)c1C. The third-order valence-corrected chi connectivity index (χ3v) is 2.48. The summed E-state index contributed by atoms with van der Waals surface area (Å²) < 4.78 is 4.66. The van der Waals surface area contributed by atoms with E-state index in [1.165, 1.54) is 14.0 Å². The van der Waals surface area contributed by atoms with Gasteiger partial charge in [0.15, 0.2) is 5.78 Å². The first-order valence-corrected chi connectivity index (χ1v) is 4.68. The zero-order chi connectivity index (χ0) is 11.6. The van der Waals surface area contributed by atoms with Crippen molar-refractivity contribution in [2.24, 2.45) is 0 Å². The van der Waals surface area contributed by atoms with E-state index in [0.717, 1.165) is 11.1 Å². The van der Waals surface area contributed by atoms with E-state index in [-0.39, 0.29) is 5.78 Å². The van der Waals surface area contributed by atoms with Gasteiger partial charge in [0.05, 0.1) is 12.7 Å². The number of ether oxygens (including phenoxy) is 1. The molecule has 0 saturated heterocycles. The Morgan fingerprint density at radius 1 is 1.20 bits per heavy atom. The van der Waals surface area contributed by atoms with Crippen LogP contribution in [0.1, 0.15) is 38.8 Å². The van der Waals surface area contributed by atoms with E-state index in [1.807, 2.05) is 13.8 Å². The number of aryl methyl sites for hydroxylation is 1. The number of esters is 1. The van der Waals surface area contributed by atoms with Crippen molar-refractivity contribution in [2.75, 3.05) is 7.11 Å². The Morgan fingerprint density at radius 2 is 1.80 bits per heavy atom. The fourth-order valence-electron chi connectivity index (χ4n) is 1.38. The lowest BCUT2D eigenvalue weighted by atomic mass is 9.98. The molecule has 0 bridgehead atoms. The molecule has 0 aliphatic rings. The smallest absolute Gasteiger partial charge is 0.338 e. The average molecular weight is 206 g/mol. The quantitative estimate of drug-likeness (QED) is 0.550. The number of hydrogen-bond acceptors (Lipinski definition) is 3. The Labute approximate surface area is 89.1 Å². The first-order valence-electron chi connectivity index (χ1n) is 4.68. The second-order valence-corrected chi connectivity index (χ2v) is 3.51. The number of carbonyl (C=O) groups is 2. The van der Waals surface area contributed by atoms with Crippen LogP contribution < -0.4 is 0 Å². The molecule has 15 heavy (non-hydrogen) atoms. The summed E-state index contributed by atoms with van der Waals surface area (Å²) in [5.74, 6) is -0.457. The molecule has 0 amide bonds. The van der Waals surface area contributed by atoms with Crippen LogP contribution in [0.5, 0.6) is 0 Å². The lowest BCUT2D eigenvalue weighted by molar-refractivity contribution is 0.0600. The van der Waals surface area contributed by atoms with Gasteiger partial charge in [0.25, 0.3) is 0 Å². The maximum Gasteiger partial charge on any atom is 0.338 e. The summed E-state index contributed by atoms with van der Waals surface area (Å²) in [6, 6.07) is 3.36. The topological polar surface area (TPSA) is 43.4 Å². The number of methoxy groups -OCH3 is 1. The highest BCUT2D eigenvalue weighted by molar-refractivity contribution is 5.99. The zero-order valence-electron chi connectivity index (χ0n) is 9.38. The van der Waals surface area contributed by atoms with Gasteiger partial charge in [-0.2, -0.15) is 0 Å². The molecule has 3 nitrogen and oxygen atoms in total. The monoisotopic (exact) mass is 206 g/mol. The predicted molar refractivity (Wildman–Crippen MR) is 57.3 cm³/mol. The van der Waals surface area contributed by atoms with Crippen LogP contribution in [-0.4, -0.2) is 18.9 Å². The summed E-state index contributed by atoms with van der Waals surface area (Å²) in [5, 5.41) is 0. The van der Waals surface area contributed by atoms with Crippen LogP contribution in [0.4, 0.5) is 0 Å². The molecular weight excluding hydrogens is 192 g/mol. The van der Waals surface area contributed by atoms with E-state index >= 15 is 0 Å². The van der Waals surface area contributed by atoms with E-state index in [1.54, 1.807) is 12.1 Å². The Bertz CT molecular complexity index is 419. The maximum atomic E-state index is 11.4. The first kappa shape index (κ1) is 11.4. The number of benzene rings is 1. The van der Waals surface area contributed by atoms with Crippen molar-refractivity contribution in [1.82, 2.24) is 0 Å². The van der Waals surface area contributed by atoms with Crippen LogP contribution >= 0.6 is 0 Å². The van der Waals surface area contributed by atoms with Crippen molar-refractivity contribution >= 4 is 11.8 Å². The van der Waals surface area contributed by atoms with E-state index in [9.17, 15) is 9.59 Å². The van der Waals surface area contributed by atoms with Crippen molar-refractivity contribution in [1.29, 1.82) is 0 Å². The second-order valence-electron chi connectivity index (χ2n) is 3.51. The molecule has 1 rings (SSSR count). The lowest BCUT2D eigenvalue weighted by Crippen LogP contribution is -2.07. The molecule has 0 aliphatic carbocycles. The molecule has 0 aliphatic heterocycles. The van der Waals surface area contributed by atoms with Crippen LogP contribution in [0, 0.1) is 13.8 Å². The maximum absolute atomic E-state index is 11.4. The fourth-order valence-corrected chi connectivity index (χ4v) is 1.38. The molecule has 0 spiro atoms. The molecule has 0 fully saturated rings. The Morgan fingerprint density at radius 3 is 2.27 bits per heavy atom. The van der Waals surface area contributed by atoms with Crippen LogP contribution in [0.2, 0.25) is 0 Å². The molecular formula is C12H14O3. The van der Waals surface area contributed by atoms with Crippen molar-refractivity contribution in [2.45, 2.75) is 20.8 Å². The van der Waals surface area contributed by atoms with Crippen molar-refractivity contribution in [3.8, 4) is 0 Å². The number of rotatable bonds is 2. The van der Waals surface area contributed by atoms with Crippen molar-refractivity contribution in [3.05, 3.63) is 34.4 Å². The second kappa shape index (κ2) is 4.26. The van der Waals surface area contributed by atoms with E-state index < -0.39 is 5.97 Å². The molecule has 0 heterocycles. The third-order valence-electron chi connectivity index (χ3n) is 2.48. The first-order chi connectivity index (χ1) is 6.97. The van der Waals surface area contributed by atoms with Gasteiger partial charge in [-0.05, 0) is 44.0 Å². The summed E-state index contributed by atoms with van der Waals surface area (Å²) in [5.41, 5.74) is 2.77. The minimum Gasteiger partial charge on any atom is -0.465 e. The van der Waals surface area contributed by atoms with Gasteiger partial charge in [0.2, 0.25) is 0 Å². The third kappa shape index (κ3) is 2.24. The van der Waals surface area contributed by atoms with E-state index in [4.69, 9.17) is 0 Å². The summed E-state index contributed by atoms with van der Waals surface area (Å²) in [6.07, 6.45) is 0. The fraction of sp³-hybridized carbons (Fsp3) is 0.333. The summed E-state index contributed by atoms with van der Waals surface area (Å²) >= 11 is 0. The highest BCUT2D eigenvalue weighted by atomic mass is 16.5. The Kier molecular flexibility index (Phi) is 3.24. The Hall–Kier alpha value is -1.64. The summed E-state index contributed by atoms with van der Waals surface area (Å²) in [6.45, 7) is 5.19. The predicted octanol–water partition coefficient (Wildman–Crippen LogP) is 2.29. The highest BCUT2D eigenvalue weighted by Crippen LogP contribution is 2.17. The minimum absolute atomic E-state index is 0.0525. The molecule has 3 heteroatoms. The van der Waals surface area contributed by atoms with Crippen LogP contribution in [0.25, 0.3) is 0 Å². The van der Waals surface area contributed by atoms with E-state index in [2.05, 4.69) is 4.74 Å². The molecule has 0 saturated carbocycles. The van der Waals surface area contributed by atoms with Gasteiger partial charge in [-0.1, -0.05) is 0 Å². The average Bonchev–Trinajstić information content (AvgIpc) is 2.20. The van der Waals surface area contributed by atoms with Gasteiger partial charge >= 0.3 is 5.97 Å². The minimum atomic E-state index is -0.404. The molecule has 0 aromatic heterocycles. The summed E-state index contributed by atoms with van der Waals surface area (Å²) in [4.78, 5) is 22.6. The van der Waals surface area contributed by atoms with Gasteiger partial charge in [-0.15, -0.1) is 0 Å². The van der Waals surface area contributed by atoms with Gasteiger partial charge in [0, 0.05) is 5.56 Å². The number of Topliss-reactive ketones (excluding diaryl/α,β-unsaturated/α-hetero) is 1. The molecule has 0 atom stereocenters. The lowest BCUT2D eigenvalue weighted by Gasteiger charge is -2.08. The molecule has 1 aromatic carbocycles. The van der Waals surface area contributed by atoms with Crippen LogP contribution in [0.15, 0.2) is 12.1 Å². The van der Waals surface area contributed by atoms with Crippen LogP contribution in [0.3, 0.4) is 0 Å². The van der Waals surface area contributed by atoms with E-state index in [0.29, 0.717) is 11.1 Å². The largest absolute Gasteiger partial charge is 0.465 e. The van der Waals surface area contributed by atoms with Crippen molar-refractivity contribution < 1.29 is 14.3 Å². The van der Waals surface area contributed by atoms with Crippen LogP contribution in [-0.2, 0) is 4.74 Å². The normalized spacial score (nSPS) is 9.87. The summed E-state index contributed by atoms with van der Waals surface area (Å²) in [7, 11) is 1.33. The van der Waals surface area contributed by atoms with Crippen molar-refractivity contribution in [3.63, 3.8) is 0 Å². The van der Waals surface area contributed by atoms with Gasteiger partial charge in [0.1, 0.15) is 0 Å². The zero-order valence-corrected chi connectivity index (χ0v) is 9.38. The highest BCUT2D eigenvalue weighted by Gasteiger charge is 2.13. The molecule has 0 unspecified atom stereocenters. The number of ketones is 1.